The summed E-state index contributed by atoms with van der Waals surface area (Å²) in [7, 11) is -4.30. The molecule has 5 rings (SSSR count). The molecule has 0 bridgehead atoms. The van der Waals surface area contributed by atoms with Crippen LogP contribution in [0, 0.1) is 46.3 Å². The van der Waals surface area contributed by atoms with Gasteiger partial charge in [0.2, 0.25) is 0 Å². The number of rotatable bonds is 10. The van der Waals surface area contributed by atoms with Crippen LogP contribution in [0.1, 0.15) is 118 Å². The van der Waals surface area contributed by atoms with E-state index in [9.17, 15) is 18.0 Å². The zero-order valence-electron chi connectivity index (χ0n) is 26.6. The van der Waals surface area contributed by atoms with E-state index in [-0.39, 0.29) is 35.6 Å². The molecule has 4 saturated carbocycles. The second kappa shape index (κ2) is 12.8. The Balaban J connectivity index is 1.08. The average Bonchev–Trinajstić information content (AvgIpc) is 3.30. The number of esters is 2. The summed E-state index contributed by atoms with van der Waals surface area (Å²) < 4.78 is 42.5. The molecular weight excluding hydrogens is 564 g/mol. The number of carbonyl (C=O) groups is 2. The maximum Gasteiger partial charge on any atom is 0.311 e. The Kier molecular flexibility index (Phi) is 9.68. The van der Waals surface area contributed by atoms with Gasteiger partial charge in [0.25, 0.3) is 10.1 Å². The largest absolute Gasteiger partial charge is 0.462 e. The van der Waals surface area contributed by atoms with Crippen LogP contribution >= 0.6 is 0 Å². The Bertz CT molecular complexity index is 1260. The molecule has 0 radical (unpaired) electrons. The van der Waals surface area contributed by atoms with Crippen LogP contribution in [0.4, 0.5) is 0 Å². The number of ether oxygens (including phenoxy) is 2. The van der Waals surface area contributed by atoms with Gasteiger partial charge in [0.1, 0.15) is 11.9 Å². The van der Waals surface area contributed by atoms with Crippen LogP contribution in [-0.2, 0) is 24.4 Å². The molecule has 0 aliphatic heterocycles. The number of hydrogen-bond acceptors (Lipinski definition) is 6. The van der Waals surface area contributed by atoms with E-state index in [2.05, 4.69) is 27.7 Å². The first-order chi connectivity index (χ1) is 20.3. The van der Waals surface area contributed by atoms with Crippen molar-refractivity contribution in [1.82, 2.24) is 0 Å². The third kappa shape index (κ3) is 6.70. The molecule has 0 spiro atoms. The second-order valence-electron chi connectivity index (χ2n) is 14.8. The molecule has 0 heterocycles. The first-order valence-corrected chi connectivity index (χ1v) is 18.3. The molecule has 5 unspecified atom stereocenters. The van der Waals surface area contributed by atoms with E-state index in [0.717, 1.165) is 48.9 Å². The summed E-state index contributed by atoms with van der Waals surface area (Å²) in [4.78, 5) is 24.6. The van der Waals surface area contributed by atoms with Gasteiger partial charge in [-0.1, -0.05) is 40.5 Å². The molecular formula is C35H52O7S. The maximum atomic E-state index is 12.7. The summed E-state index contributed by atoms with van der Waals surface area (Å²) in [6, 6.07) is 4.95. The normalized spacial score (nSPS) is 36.1. The van der Waals surface area contributed by atoms with Crippen molar-refractivity contribution in [3.63, 3.8) is 0 Å². The monoisotopic (exact) mass is 616 g/mol. The summed E-state index contributed by atoms with van der Waals surface area (Å²) in [6.07, 6.45) is 14.4. The van der Waals surface area contributed by atoms with Crippen LogP contribution in [0.25, 0.3) is 0 Å². The van der Waals surface area contributed by atoms with Crippen molar-refractivity contribution in [3.8, 4) is 5.75 Å². The molecule has 1 aromatic rings. The Hall–Kier alpha value is -1.93. The molecule has 0 aromatic heterocycles. The standard InChI is InChI=1S/C35H52O7S/c1-5-7-23(2)29-16-17-30-28-15-10-24-22-26(18-20-34(24,3)31(28)19-21-35(29,30)4)42-33(37)9-6-8-32(36)41-25-11-13-27(14-12-25)43(38,39)40/h11-14,23-24,26,28-31H,5-10,15-22H2,1-4H3,(H,38,39,40)/t23-,24?,26?,28?,29-,30?,31?,34+,35-/m1/s1. The summed E-state index contributed by atoms with van der Waals surface area (Å²) in [5, 5.41) is 0. The van der Waals surface area contributed by atoms with E-state index in [1.165, 1.54) is 75.6 Å². The van der Waals surface area contributed by atoms with Gasteiger partial charge >= 0.3 is 11.9 Å². The Morgan fingerprint density at radius 2 is 1.60 bits per heavy atom. The van der Waals surface area contributed by atoms with Crippen molar-refractivity contribution in [2.24, 2.45) is 46.3 Å². The van der Waals surface area contributed by atoms with Crippen molar-refractivity contribution in [1.29, 1.82) is 0 Å². The van der Waals surface area contributed by atoms with Gasteiger partial charge in [-0.05, 0) is 135 Å². The van der Waals surface area contributed by atoms with Crippen LogP contribution in [-0.4, -0.2) is 31.0 Å². The van der Waals surface area contributed by atoms with Gasteiger partial charge < -0.3 is 9.47 Å². The van der Waals surface area contributed by atoms with E-state index in [4.69, 9.17) is 14.0 Å². The molecule has 9 atom stereocenters. The van der Waals surface area contributed by atoms with Gasteiger partial charge in [0.05, 0.1) is 4.90 Å². The minimum atomic E-state index is -4.30. The van der Waals surface area contributed by atoms with Crippen molar-refractivity contribution >= 4 is 22.1 Å². The number of benzene rings is 1. The highest BCUT2D eigenvalue weighted by Gasteiger charge is 2.60. The van der Waals surface area contributed by atoms with E-state index in [1.807, 2.05) is 0 Å². The average molecular weight is 617 g/mol. The van der Waals surface area contributed by atoms with Crippen molar-refractivity contribution in [2.45, 2.75) is 129 Å². The molecule has 1 N–H and O–H groups in total. The summed E-state index contributed by atoms with van der Waals surface area (Å²) in [5.41, 5.74) is 0.870. The molecule has 240 valence electrons. The predicted molar refractivity (Wildman–Crippen MR) is 165 cm³/mol. The van der Waals surface area contributed by atoms with Gasteiger partial charge in [0, 0.05) is 12.8 Å². The molecule has 1 aromatic carbocycles. The number of carbonyl (C=O) groups excluding carboxylic acids is 2. The van der Waals surface area contributed by atoms with Crippen LogP contribution in [0.3, 0.4) is 0 Å². The van der Waals surface area contributed by atoms with E-state index in [1.54, 1.807) is 0 Å². The lowest BCUT2D eigenvalue weighted by Crippen LogP contribution is -2.54. The highest BCUT2D eigenvalue weighted by Crippen LogP contribution is 2.68. The number of hydrogen-bond donors (Lipinski definition) is 1. The van der Waals surface area contributed by atoms with Crippen molar-refractivity contribution in [3.05, 3.63) is 24.3 Å². The first kappa shape index (κ1) is 32.5. The van der Waals surface area contributed by atoms with Crippen LogP contribution in [0.2, 0.25) is 0 Å². The first-order valence-electron chi connectivity index (χ1n) is 16.8. The highest BCUT2D eigenvalue weighted by molar-refractivity contribution is 7.85. The fourth-order valence-corrected chi connectivity index (χ4v) is 10.9. The predicted octanol–water partition coefficient (Wildman–Crippen LogP) is 8.02. The second-order valence-corrected chi connectivity index (χ2v) is 16.2. The lowest BCUT2D eigenvalue weighted by atomic mass is 9.44. The zero-order valence-corrected chi connectivity index (χ0v) is 27.4. The fraction of sp³-hybridized carbons (Fsp3) is 0.771. The fourth-order valence-electron chi connectivity index (χ4n) is 10.4. The van der Waals surface area contributed by atoms with Gasteiger partial charge in [-0.25, -0.2) is 0 Å². The molecule has 4 aliphatic carbocycles. The molecule has 0 saturated heterocycles. The van der Waals surface area contributed by atoms with Gasteiger partial charge in [-0.3, -0.25) is 14.1 Å². The lowest BCUT2D eigenvalue weighted by molar-refractivity contribution is -0.163. The third-order valence-electron chi connectivity index (χ3n) is 12.5. The number of fused-ring (bicyclic) bond motifs is 5. The minimum absolute atomic E-state index is 0.0324. The van der Waals surface area contributed by atoms with E-state index >= 15 is 0 Å². The summed E-state index contributed by atoms with van der Waals surface area (Å²) >= 11 is 0. The van der Waals surface area contributed by atoms with Gasteiger partial charge in [-0.15, -0.1) is 0 Å². The lowest BCUT2D eigenvalue weighted by Gasteiger charge is -2.61. The summed E-state index contributed by atoms with van der Waals surface area (Å²) in [6.45, 7) is 10.0. The highest BCUT2D eigenvalue weighted by atomic mass is 32.2. The van der Waals surface area contributed by atoms with E-state index < -0.39 is 16.1 Å². The van der Waals surface area contributed by atoms with E-state index in [0.29, 0.717) is 23.2 Å². The van der Waals surface area contributed by atoms with Gasteiger partial charge in [-0.2, -0.15) is 8.42 Å². The third-order valence-corrected chi connectivity index (χ3v) is 13.4. The van der Waals surface area contributed by atoms with Crippen molar-refractivity contribution < 1.29 is 32.0 Å². The van der Waals surface area contributed by atoms with Gasteiger partial charge in [0.15, 0.2) is 0 Å². The maximum absolute atomic E-state index is 12.7. The summed E-state index contributed by atoms with van der Waals surface area (Å²) in [5.74, 6) is 4.31. The molecule has 43 heavy (non-hydrogen) atoms. The Morgan fingerprint density at radius 3 is 2.30 bits per heavy atom. The van der Waals surface area contributed by atoms with Crippen LogP contribution in [0.15, 0.2) is 29.2 Å². The SMILES string of the molecule is CCC[C@@H](C)[C@H]1CCC2C3CCC4CC(OC(=O)CCCC(=O)Oc5ccc(S(=O)(=O)O)cc5)CC[C@]4(C)C3CC[C@@]21C. The van der Waals surface area contributed by atoms with Crippen LogP contribution < -0.4 is 4.74 Å². The molecule has 4 fully saturated rings. The quantitative estimate of drug-likeness (QED) is 0.161. The molecule has 0 amide bonds. The topological polar surface area (TPSA) is 107 Å². The minimum Gasteiger partial charge on any atom is -0.462 e. The molecule has 7 nitrogen and oxygen atoms in total. The smallest absolute Gasteiger partial charge is 0.311 e. The molecule has 8 heteroatoms. The Morgan fingerprint density at radius 1 is 0.930 bits per heavy atom. The molecule has 4 aliphatic rings. The Labute approximate surface area is 258 Å². The van der Waals surface area contributed by atoms with Crippen molar-refractivity contribution in [2.75, 3.05) is 0 Å². The van der Waals surface area contributed by atoms with Crippen LogP contribution in [0.5, 0.6) is 5.75 Å². The zero-order chi connectivity index (χ0) is 31.0.